The molecule has 4 heteroatoms. The van der Waals surface area contributed by atoms with Gasteiger partial charge in [-0.15, -0.1) is 0 Å². The maximum atomic E-state index is 13.7. The number of hydrogen-bond donors (Lipinski definition) is 2. The first-order valence-corrected chi connectivity index (χ1v) is 6.07. The average Bonchev–Trinajstić information content (AvgIpc) is 2.27. The van der Waals surface area contributed by atoms with E-state index in [1.54, 1.807) is 12.1 Å². The number of hydrogen-bond acceptors (Lipinski definition) is 2. The monoisotopic (exact) mass is 289 g/mol. The molecule has 1 aromatic carbocycles. The van der Waals surface area contributed by atoms with Gasteiger partial charge in [0.05, 0.1) is 6.10 Å². The average molecular weight is 290 g/mol. The van der Waals surface area contributed by atoms with Crippen LogP contribution < -0.4 is 5.73 Å². The van der Waals surface area contributed by atoms with Gasteiger partial charge in [0.25, 0.3) is 0 Å². The highest BCUT2D eigenvalue weighted by molar-refractivity contribution is 9.10. The predicted octanol–water partition coefficient (Wildman–Crippen LogP) is 3.00. The summed E-state index contributed by atoms with van der Waals surface area (Å²) >= 11 is 3.18. The summed E-state index contributed by atoms with van der Waals surface area (Å²) in [5, 5.41) is 10.2. The molecule has 16 heavy (non-hydrogen) atoms. The fourth-order valence-corrected chi connectivity index (χ4v) is 1.88. The van der Waals surface area contributed by atoms with E-state index in [1.165, 1.54) is 6.07 Å². The summed E-state index contributed by atoms with van der Waals surface area (Å²) in [4.78, 5) is 0. The Bertz CT molecular complexity index is 366. The van der Waals surface area contributed by atoms with Gasteiger partial charge in [-0.05, 0) is 18.6 Å². The van der Waals surface area contributed by atoms with Crippen molar-refractivity contribution < 1.29 is 9.50 Å². The molecule has 2 unspecified atom stereocenters. The van der Waals surface area contributed by atoms with Crippen molar-refractivity contribution in [2.45, 2.75) is 26.4 Å². The molecular weight excluding hydrogens is 273 g/mol. The van der Waals surface area contributed by atoms with Gasteiger partial charge in [0.15, 0.2) is 0 Å². The molecule has 0 aliphatic heterocycles. The van der Waals surface area contributed by atoms with Gasteiger partial charge in [0.2, 0.25) is 0 Å². The third-order valence-electron chi connectivity index (χ3n) is 3.19. The summed E-state index contributed by atoms with van der Waals surface area (Å²) in [5.74, 6) is -0.407. The molecule has 0 saturated heterocycles. The Balaban J connectivity index is 3.08. The molecule has 0 spiro atoms. The SMILES string of the molecule is CCC(C)(CN)C(O)c1ccc(Br)cc1F. The lowest BCUT2D eigenvalue weighted by atomic mass is 9.78. The number of rotatable bonds is 4. The highest BCUT2D eigenvalue weighted by atomic mass is 79.9. The molecule has 0 aliphatic rings. The van der Waals surface area contributed by atoms with Gasteiger partial charge < -0.3 is 10.8 Å². The largest absolute Gasteiger partial charge is 0.388 e. The Morgan fingerprint density at radius 1 is 1.56 bits per heavy atom. The maximum absolute atomic E-state index is 13.7. The molecule has 1 rings (SSSR count). The number of aliphatic hydroxyl groups excluding tert-OH is 1. The molecule has 0 aromatic heterocycles. The molecule has 0 heterocycles. The van der Waals surface area contributed by atoms with E-state index in [4.69, 9.17) is 5.73 Å². The van der Waals surface area contributed by atoms with Crippen LogP contribution in [-0.4, -0.2) is 11.7 Å². The summed E-state index contributed by atoms with van der Waals surface area (Å²) < 4.78 is 14.3. The van der Waals surface area contributed by atoms with E-state index < -0.39 is 17.3 Å². The predicted molar refractivity (Wildman–Crippen MR) is 66.5 cm³/mol. The van der Waals surface area contributed by atoms with Crippen LogP contribution in [0, 0.1) is 11.2 Å². The van der Waals surface area contributed by atoms with E-state index in [-0.39, 0.29) is 0 Å². The third-order valence-corrected chi connectivity index (χ3v) is 3.68. The van der Waals surface area contributed by atoms with Gasteiger partial charge in [-0.3, -0.25) is 0 Å². The molecule has 2 nitrogen and oxygen atoms in total. The molecule has 2 atom stereocenters. The van der Waals surface area contributed by atoms with Crippen molar-refractivity contribution in [3.05, 3.63) is 34.1 Å². The lowest BCUT2D eigenvalue weighted by molar-refractivity contribution is 0.0363. The highest BCUT2D eigenvalue weighted by Crippen LogP contribution is 2.37. The normalized spacial score (nSPS) is 16.9. The smallest absolute Gasteiger partial charge is 0.130 e. The maximum Gasteiger partial charge on any atom is 0.130 e. The zero-order valence-corrected chi connectivity index (χ0v) is 11.1. The van der Waals surface area contributed by atoms with Crippen molar-refractivity contribution in [3.8, 4) is 0 Å². The first-order valence-electron chi connectivity index (χ1n) is 5.27. The van der Waals surface area contributed by atoms with E-state index in [2.05, 4.69) is 15.9 Å². The molecule has 0 radical (unpaired) electrons. The van der Waals surface area contributed by atoms with Crippen LogP contribution in [0.1, 0.15) is 31.9 Å². The summed E-state index contributed by atoms with van der Waals surface area (Å²) in [6, 6.07) is 4.66. The van der Waals surface area contributed by atoms with Crippen LogP contribution in [0.15, 0.2) is 22.7 Å². The highest BCUT2D eigenvalue weighted by Gasteiger charge is 2.32. The topological polar surface area (TPSA) is 46.2 Å². The van der Waals surface area contributed by atoms with E-state index in [9.17, 15) is 9.50 Å². The first kappa shape index (κ1) is 13.6. The Morgan fingerprint density at radius 2 is 2.19 bits per heavy atom. The van der Waals surface area contributed by atoms with Crippen molar-refractivity contribution >= 4 is 15.9 Å². The summed E-state index contributed by atoms with van der Waals surface area (Å²) in [7, 11) is 0. The number of aliphatic hydroxyl groups is 1. The second-order valence-corrected chi connectivity index (χ2v) is 5.20. The van der Waals surface area contributed by atoms with Crippen molar-refractivity contribution in [1.29, 1.82) is 0 Å². The lowest BCUT2D eigenvalue weighted by Gasteiger charge is -2.32. The fourth-order valence-electron chi connectivity index (χ4n) is 1.55. The van der Waals surface area contributed by atoms with Gasteiger partial charge in [0, 0.05) is 22.0 Å². The molecule has 0 fully saturated rings. The standard InChI is InChI=1S/C12H17BrFNO/c1-3-12(2,7-15)11(16)9-5-4-8(13)6-10(9)14/h4-6,11,16H,3,7,15H2,1-2H3. The second kappa shape index (κ2) is 5.25. The molecular formula is C12H17BrFNO. The quantitative estimate of drug-likeness (QED) is 0.895. The van der Waals surface area contributed by atoms with Gasteiger partial charge >= 0.3 is 0 Å². The Morgan fingerprint density at radius 3 is 2.62 bits per heavy atom. The minimum atomic E-state index is -0.879. The van der Waals surface area contributed by atoms with Crippen LogP contribution in [0.2, 0.25) is 0 Å². The van der Waals surface area contributed by atoms with Crippen molar-refractivity contribution in [2.24, 2.45) is 11.1 Å². The minimum Gasteiger partial charge on any atom is -0.388 e. The van der Waals surface area contributed by atoms with Gasteiger partial charge in [0.1, 0.15) is 5.82 Å². The Labute approximate surface area is 104 Å². The summed E-state index contributed by atoms with van der Waals surface area (Å²) in [6.07, 6.45) is -0.184. The summed E-state index contributed by atoms with van der Waals surface area (Å²) in [5.41, 5.74) is 5.46. The van der Waals surface area contributed by atoms with Crippen molar-refractivity contribution in [3.63, 3.8) is 0 Å². The van der Waals surface area contributed by atoms with Crippen LogP contribution in [-0.2, 0) is 0 Å². The van der Waals surface area contributed by atoms with Crippen LogP contribution in [0.4, 0.5) is 4.39 Å². The second-order valence-electron chi connectivity index (χ2n) is 4.28. The summed E-state index contributed by atoms with van der Waals surface area (Å²) in [6.45, 7) is 4.12. The molecule has 90 valence electrons. The number of halogens is 2. The van der Waals surface area contributed by atoms with E-state index in [0.29, 0.717) is 23.0 Å². The van der Waals surface area contributed by atoms with Crippen LogP contribution in [0.25, 0.3) is 0 Å². The number of benzene rings is 1. The third kappa shape index (κ3) is 2.62. The van der Waals surface area contributed by atoms with Crippen molar-refractivity contribution in [2.75, 3.05) is 6.54 Å². The van der Waals surface area contributed by atoms with E-state index >= 15 is 0 Å². The molecule has 0 saturated carbocycles. The molecule has 0 amide bonds. The van der Waals surface area contributed by atoms with Gasteiger partial charge in [-0.2, -0.15) is 0 Å². The van der Waals surface area contributed by atoms with Crippen molar-refractivity contribution in [1.82, 2.24) is 0 Å². The van der Waals surface area contributed by atoms with Gasteiger partial charge in [-0.1, -0.05) is 35.8 Å². The van der Waals surface area contributed by atoms with E-state index in [1.807, 2.05) is 13.8 Å². The zero-order valence-electron chi connectivity index (χ0n) is 9.50. The Hall–Kier alpha value is -0.450. The van der Waals surface area contributed by atoms with E-state index in [0.717, 1.165) is 0 Å². The minimum absolute atomic E-state index is 0.304. The van der Waals surface area contributed by atoms with Crippen LogP contribution >= 0.6 is 15.9 Å². The first-order chi connectivity index (χ1) is 7.44. The fraction of sp³-hybridized carbons (Fsp3) is 0.500. The Kier molecular flexibility index (Phi) is 4.47. The molecule has 1 aromatic rings. The molecule has 0 bridgehead atoms. The lowest BCUT2D eigenvalue weighted by Crippen LogP contribution is -2.33. The van der Waals surface area contributed by atoms with Crippen LogP contribution in [0.5, 0.6) is 0 Å². The van der Waals surface area contributed by atoms with Crippen LogP contribution in [0.3, 0.4) is 0 Å². The molecule has 0 aliphatic carbocycles. The number of nitrogens with two attached hydrogens (primary N) is 1. The molecule has 3 N–H and O–H groups in total. The zero-order chi connectivity index (χ0) is 12.3. The van der Waals surface area contributed by atoms with Gasteiger partial charge in [-0.25, -0.2) is 4.39 Å².